The van der Waals surface area contributed by atoms with Gasteiger partial charge in [0.15, 0.2) is 0 Å². The van der Waals surface area contributed by atoms with Crippen LogP contribution >= 0.6 is 12.2 Å². The third-order valence-electron chi connectivity index (χ3n) is 1.80. The third kappa shape index (κ3) is 2.20. The molecule has 0 spiro atoms. The highest BCUT2D eigenvalue weighted by Crippen LogP contribution is 2.02. The number of hydrogen-bond donors (Lipinski definition) is 3. The zero-order chi connectivity index (χ0) is 9.80. The molecular formula is C9H10N4S. The number of anilines is 1. The van der Waals surface area contributed by atoms with Crippen LogP contribution in [0, 0.1) is 4.77 Å². The monoisotopic (exact) mass is 206 g/mol. The van der Waals surface area contributed by atoms with E-state index < -0.39 is 0 Å². The van der Waals surface area contributed by atoms with Gasteiger partial charge in [-0.25, -0.2) is 0 Å². The van der Waals surface area contributed by atoms with E-state index in [9.17, 15) is 0 Å². The summed E-state index contributed by atoms with van der Waals surface area (Å²) in [6.45, 7) is 0.733. The van der Waals surface area contributed by atoms with E-state index >= 15 is 0 Å². The number of nitrogens with one attached hydrogen (secondary N) is 3. The van der Waals surface area contributed by atoms with Crippen molar-refractivity contribution >= 4 is 18.2 Å². The van der Waals surface area contributed by atoms with Gasteiger partial charge in [-0.2, -0.15) is 4.98 Å². The molecule has 14 heavy (non-hydrogen) atoms. The Balaban J connectivity index is 1.98. The van der Waals surface area contributed by atoms with E-state index in [0.717, 1.165) is 6.54 Å². The molecular weight excluding hydrogens is 196 g/mol. The molecule has 0 atom stereocenters. The average molecular weight is 206 g/mol. The normalized spacial score (nSPS) is 10.0. The molecule has 0 aliphatic rings. The maximum atomic E-state index is 4.83. The third-order valence-corrected chi connectivity index (χ3v) is 2.00. The predicted octanol–water partition coefficient (Wildman–Crippen LogP) is 2.08. The van der Waals surface area contributed by atoms with Crippen molar-refractivity contribution in [2.45, 2.75) is 6.54 Å². The van der Waals surface area contributed by atoms with Crippen LogP contribution in [0.1, 0.15) is 5.56 Å². The van der Waals surface area contributed by atoms with Gasteiger partial charge in [0.1, 0.15) is 0 Å². The fourth-order valence-electron chi connectivity index (χ4n) is 1.14. The lowest BCUT2D eigenvalue weighted by Crippen LogP contribution is -2.00. The van der Waals surface area contributed by atoms with Gasteiger partial charge in [-0.05, 0) is 17.8 Å². The summed E-state index contributed by atoms with van der Waals surface area (Å²) >= 11 is 4.83. The second-order valence-corrected chi connectivity index (χ2v) is 3.24. The van der Waals surface area contributed by atoms with Crippen LogP contribution < -0.4 is 5.32 Å². The summed E-state index contributed by atoms with van der Waals surface area (Å²) in [5.74, 6) is 0.666. The Morgan fingerprint density at radius 1 is 1.21 bits per heavy atom. The minimum atomic E-state index is 0.459. The second-order valence-electron chi connectivity index (χ2n) is 2.85. The summed E-state index contributed by atoms with van der Waals surface area (Å²) in [7, 11) is 0. The van der Waals surface area contributed by atoms with Crippen LogP contribution in [0.15, 0.2) is 30.3 Å². The molecule has 0 saturated heterocycles. The SMILES string of the molecule is S=c1nc(NCc2ccccc2)[nH][nH]1. The van der Waals surface area contributed by atoms with Gasteiger partial charge in [-0.1, -0.05) is 30.3 Å². The fourth-order valence-corrected chi connectivity index (χ4v) is 1.28. The number of H-pyrrole nitrogens is 2. The smallest absolute Gasteiger partial charge is 0.218 e. The maximum absolute atomic E-state index is 4.83. The van der Waals surface area contributed by atoms with Crippen molar-refractivity contribution in [2.24, 2.45) is 0 Å². The zero-order valence-electron chi connectivity index (χ0n) is 7.45. The Morgan fingerprint density at radius 3 is 2.64 bits per heavy atom. The van der Waals surface area contributed by atoms with Gasteiger partial charge in [0.2, 0.25) is 10.7 Å². The van der Waals surface area contributed by atoms with Crippen LogP contribution in [-0.2, 0) is 6.54 Å². The first-order chi connectivity index (χ1) is 6.84. The van der Waals surface area contributed by atoms with Gasteiger partial charge in [0.25, 0.3) is 0 Å². The Labute approximate surface area is 86.4 Å². The van der Waals surface area contributed by atoms with Gasteiger partial charge < -0.3 is 5.32 Å². The standard InChI is InChI=1S/C9H10N4S/c14-9-11-8(12-13-9)10-6-7-4-2-1-3-5-7/h1-5H,6H2,(H3,10,11,12,13,14). The molecule has 0 bridgehead atoms. The van der Waals surface area contributed by atoms with Crippen molar-refractivity contribution in [2.75, 3.05) is 5.32 Å². The van der Waals surface area contributed by atoms with Gasteiger partial charge in [-0.15, -0.1) is 0 Å². The maximum Gasteiger partial charge on any atom is 0.218 e. The summed E-state index contributed by atoms with van der Waals surface area (Å²) in [5, 5.41) is 8.66. The first-order valence-electron chi connectivity index (χ1n) is 4.27. The molecule has 0 aliphatic heterocycles. The number of rotatable bonds is 3. The van der Waals surface area contributed by atoms with Crippen molar-refractivity contribution in [3.05, 3.63) is 40.7 Å². The molecule has 1 aromatic carbocycles. The topological polar surface area (TPSA) is 56.5 Å². The molecule has 0 saturated carbocycles. The van der Waals surface area contributed by atoms with Crippen LogP contribution in [0.5, 0.6) is 0 Å². The van der Waals surface area contributed by atoms with Crippen molar-refractivity contribution in [1.29, 1.82) is 0 Å². The first-order valence-corrected chi connectivity index (χ1v) is 4.68. The minimum absolute atomic E-state index is 0.459. The molecule has 0 unspecified atom stereocenters. The molecule has 2 rings (SSSR count). The second kappa shape index (κ2) is 4.06. The van der Waals surface area contributed by atoms with Crippen molar-refractivity contribution in [3.63, 3.8) is 0 Å². The number of aromatic nitrogens is 3. The molecule has 72 valence electrons. The van der Waals surface area contributed by atoms with Crippen molar-refractivity contribution in [3.8, 4) is 0 Å². The van der Waals surface area contributed by atoms with E-state index in [0.29, 0.717) is 10.7 Å². The number of aromatic amines is 2. The molecule has 3 N–H and O–H groups in total. The molecule has 0 fully saturated rings. The summed E-state index contributed by atoms with van der Waals surface area (Å²) < 4.78 is 0.459. The lowest BCUT2D eigenvalue weighted by molar-refractivity contribution is 1.04. The largest absolute Gasteiger partial charge is 0.351 e. The Morgan fingerprint density at radius 2 is 2.00 bits per heavy atom. The van der Waals surface area contributed by atoms with Gasteiger partial charge in [0.05, 0.1) is 0 Å². The highest BCUT2D eigenvalue weighted by Gasteiger charge is 1.94. The predicted molar refractivity (Wildman–Crippen MR) is 57.5 cm³/mol. The highest BCUT2D eigenvalue weighted by molar-refractivity contribution is 7.71. The Hall–Kier alpha value is -1.62. The van der Waals surface area contributed by atoms with E-state index in [-0.39, 0.29) is 0 Å². The van der Waals surface area contributed by atoms with E-state index in [1.807, 2.05) is 30.3 Å². The number of hydrogen-bond acceptors (Lipinski definition) is 3. The minimum Gasteiger partial charge on any atom is -0.351 e. The van der Waals surface area contributed by atoms with E-state index in [2.05, 4.69) is 20.5 Å². The molecule has 4 nitrogen and oxygen atoms in total. The van der Waals surface area contributed by atoms with E-state index in [4.69, 9.17) is 12.2 Å². The molecule has 2 aromatic rings. The van der Waals surface area contributed by atoms with Crippen LogP contribution in [0.4, 0.5) is 5.95 Å². The van der Waals surface area contributed by atoms with Crippen LogP contribution in [-0.4, -0.2) is 15.2 Å². The van der Waals surface area contributed by atoms with E-state index in [1.54, 1.807) is 0 Å². The van der Waals surface area contributed by atoms with Gasteiger partial charge >= 0.3 is 0 Å². The van der Waals surface area contributed by atoms with Crippen LogP contribution in [0.3, 0.4) is 0 Å². The first kappa shape index (κ1) is 8.96. The Bertz CT molecular complexity index is 445. The quantitative estimate of drug-likeness (QED) is 0.674. The highest BCUT2D eigenvalue weighted by atomic mass is 32.1. The van der Waals surface area contributed by atoms with Crippen molar-refractivity contribution in [1.82, 2.24) is 15.2 Å². The van der Waals surface area contributed by atoms with Crippen LogP contribution in [0.2, 0.25) is 0 Å². The zero-order valence-corrected chi connectivity index (χ0v) is 8.27. The van der Waals surface area contributed by atoms with E-state index in [1.165, 1.54) is 5.56 Å². The lowest BCUT2D eigenvalue weighted by atomic mass is 10.2. The molecule has 1 heterocycles. The van der Waals surface area contributed by atoms with Gasteiger partial charge in [-0.3, -0.25) is 10.2 Å². The number of benzene rings is 1. The van der Waals surface area contributed by atoms with Gasteiger partial charge in [0, 0.05) is 6.54 Å². The number of nitrogens with zero attached hydrogens (tertiary/aromatic N) is 1. The lowest BCUT2D eigenvalue weighted by Gasteiger charge is -2.01. The van der Waals surface area contributed by atoms with Crippen LogP contribution in [0.25, 0.3) is 0 Å². The fraction of sp³-hybridized carbons (Fsp3) is 0.111. The summed E-state index contributed by atoms with van der Waals surface area (Å²) in [6.07, 6.45) is 0. The Kier molecular flexibility index (Phi) is 2.60. The summed E-state index contributed by atoms with van der Waals surface area (Å²) in [5.41, 5.74) is 1.20. The average Bonchev–Trinajstić information content (AvgIpc) is 2.63. The molecule has 0 radical (unpaired) electrons. The summed E-state index contributed by atoms with van der Waals surface area (Å²) in [6, 6.07) is 10.1. The molecule has 0 amide bonds. The molecule has 1 aromatic heterocycles. The van der Waals surface area contributed by atoms with Crippen molar-refractivity contribution < 1.29 is 0 Å². The molecule has 0 aliphatic carbocycles. The molecule has 5 heteroatoms. The summed E-state index contributed by atoms with van der Waals surface area (Å²) in [4.78, 5) is 4.02.